The summed E-state index contributed by atoms with van der Waals surface area (Å²) in [6.45, 7) is -0.429. The van der Waals surface area contributed by atoms with Gasteiger partial charge in [0.25, 0.3) is 5.91 Å². The average molecular weight is 296 g/mol. The Hall–Kier alpha value is -2.70. The minimum Gasteiger partial charge on any atom is -0.484 e. The van der Waals surface area contributed by atoms with Gasteiger partial charge in [-0.05, 0) is 12.1 Å². The van der Waals surface area contributed by atoms with Crippen LogP contribution in [0.1, 0.15) is 0 Å². The number of hydrogen-bond donors (Lipinski definition) is 2. The van der Waals surface area contributed by atoms with Gasteiger partial charge in [-0.15, -0.1) is 0 Å². The Morgan fingerprint density at radius 1 is 1.10 bits per heavy atom. The summed E-state index contributed by atoms with van der Waals surface area (Å²) >= 11 is 0. The Labute approximate surface area is 118 Å². The molecule has 0 saturated heterocycles. The number of amides is 1. The molecule has 0 atom stereocenters. The predicted molar refractivity (Wildman–Crippen MR) is 71.3 cm³/mol. The first-order chi connectivity index (χ1) is 9.95. The topological polar surface area (TPSA) is 64.3 Å². The fourth-order valence-electron chi connectivity index (χ4n) is 1.56. The van der Waals surface area contributed by atoms with Crippen molar-refractivity contribution in [2.45, 2.75) is 0 Å². The Bertz CT molecular complexity index is 677. The van der Waals surface area contributed by atoms with E-state index in [0.717, 1.165) is 0 Å². The third-order valence-electron chi connectivity index (χ3n) is 2.51. The summed E-state index contributed by atoms with van der Waals surface area (Å²) in [7, 11) is 0. The molecule has 0 aliphatic heterocycles. The largest absolute Gasteiger partial charge is 0.484 e. The van der Waals surface area contributed by atoms with E-state index in [-0.39, 0.29) is 0 Å². The summed E-state index contributed by atoms with van der Waals surface area (Å²) in [6, 6.07) is 7.28. The molecule has 110 valence electrons. The molecule has 7 heteroatoms. The molecule has 2 aromatic rings. The van der Waals surface area contributed by atoms with E-state index in [1.54, 1.807) is 18.2 Å². The van der Waals surface area contributed by atoms with Crippen molar-refractivity contribution in [1.82, 2.24) is 0 Å². The van der Waals surface area contributed by atoms with Crippen LogP contribution in [0.3, 0.4) is 0 Å². The predicted octanol–water partition coefficient (Wildman–Crippen LogP) is 2.70. The summed E-state index contributed by atoms with van der Waals surface area (Å²) in [5.74, 6) is -4.03. The first kappa shape index (κ1) is 14.7. The number of anilines is 2. The second-order valence-electron chi connectivity index (χ2n) is 4.16. The van der Waals surface area contributed by atoms with E-state index in [1.807, 2.05) is 0 Å². The van der Waals surface area contributed by atoms with Gasteiger partial charge in [-0.2, -0.15) is 0 Å². The zero-order chi connectivity index (χ0) is 15.4. The van der Waals surface area contributed by atoms with E-state index in [1.165, 1.54) is 6.07 Å². The molecule has 0 aliphatic carbocycles. The summed E-state index contributed by atoms with van der Waals surface area (Å²) in [6.07, 6.45) is 0. The van der Waals surface area contributed by atoms with Gasteiger partial charge < -0.3 is 15.8 Å². The molecule has 0 fully saturated rings. The Balaban J connectivity index is 1.97. The van der Waals surface area contributed by atoms with Gasteiger partial charge in [0.15, 0.2) is 18.2 Å². The maximum absolute atomic E-state index is 13.3. The maximum Gasteiger partial charge on any atom is 0.262 e. The first-order valence-corrected chi connectivity index (χ1v) is 5.88. The van der Waals surface area contributed by atoms with Crippen molar-refractivity contribution in [3.05, 3.63) is 53.8 Å². The van der Waals surface area contributed by atoms with E-state index in [0.29, 0.717) is 23.6 Å². The highest BCUT2D eigenvalue weighted by Crippen LogP contribution is 2.18. The van der Waals surface area contributed by atoms with Crippen molar-refractivity contribution >= 4 is 17.3 Å². The molecular weight excluding hydrogens is 285 g/mol. The summed E-state index contributed by atoms with van der Waals surface area (Å²) in [4.78, 5) is 11.6. The lowest BCUT2D eigenvalue weighted by molar-refractivity contribution is -0.118. The molecule has 4 nitrogen and oxygen atoms in total. The fraction of sp³-hybridized carbons (Fsp3) is 0.0714. The molecule has 0 radical (unpaired) electrons. The van der Waals surface area contributed by atoms with Crippen LogP contribution in [0.2, 0.25) is 0 Å². The van der Waals surface area contributed by atoms with Crippen LogP contribution in [0.15, 0.2) is 36.4 Å². The van der Waals surface area contributed by atoms with Gasteiger partial charge in [0, 0.05) is 23.9 Å². The van der Waals surface area contributed by atoms with Crippen molar-refractivity contribution in [3.8, 4) is 5.75 Å². The number of nitrogen functional groups attached to an aromatic ring is 1. The second-order valence-corrected chi connectivity index (χ2v) is 4.16. The number of nitrogens with one attached hydrogen (secondary N) is 1. The minimum atomic E-state index is -1.33. The van der Waals surface area contributed by atoms with Crippen LogP contribution in [0.5, 0.6) is 5.75 Å². The highest BCUT2D eigenvalue weighted by Gasteiger charge is 2.12. The zero-order valence-electron chi connectivity index (χ0n) is 10.7. The number of rotatable bonds is 4. The van der Waals surface area contributed by atoms with Crippen molar-refractivity contribution < 1.29 is 22.7 Å². The molecule has 0 bridgehead atoms. The number of carbonyl (C=O) groups excluding carboxylic acids is 1. The van der Waals surface area contributed by atoms with E-state index >= 15 is 0 Å². The first-order valence-electron chi connectivity index (χ1n) is 5.88. The average Bonchev–Trinajstić information content (AvgIpc) is 2.43. The van der Waals surface area contributed by atoms with E-state index in [4.69, 9.17) is 10.5 Å². The molecule has 0 aliphatic rings. The number of halogens is 3. The molecule has 0 heterocycles. The molecule has 0 aromatic heterocycles. The van der Waals surface area contributed by atoms with Gasteiger partial charge >= 0.3 is 0 Å². The molecular formula is C14H11F3N2O2. The maximum atomic E-state index is 13.3. The highest BCUT2D eigenvalue weighted by atomic mass is 19.2. The van der Waals surface area contributed by atoms with Crippen molar-refractivity contribution in [1.29, 1.82) is 0 Å². The fourth-order valence-corrected chi connectivity index (χ4v) is 1.56. The highest BCUT2D eigenvalue weighted by molar-refractivity contribution is 5.92. The Kier molecular flexibility index (Phi) is 4.32. The SMILES string of the molecule is Nc1cccc(OCC(=O)Nc2cc(F)c(F)cc2F)c1. The van der Waals surface area contributed by atoms with Gasteiger partial charge in [-0.1, -0.05) is 6.07 Å². The smallest absolute Gasteiger partial charge is 0.262 e. The summed E-state index contributed by atoms with van der Waals surface area (Å²) in [5, 5.41) is 2.09. The normalized spacial score (nSPS) is 10.2. The molecule has 0 spiro atoms. The third kappa shape index (κ3) is 3.88. The Morgan fingerprint density at radius 3 is 2.52 bits per heavy atom. The van der Waals surface area contributed by atoms with Crippen molar-refractivity contribution in [2.75, 3.05) is 17.7 Å². The summed E-state index contributed by atoms with van der Waals surface area (Å²) < 4.78 is 44.2. The number of nitrogens with two attached hydrogens (primary N) is 1. The lowest BCUT2D eigenvalue weighted by Gasteiger charge is -2.09. The van der Waals surface area contributed by atoms with Gasteiger partial charge in [-0.3, -0.25) is 4.79 Å². The zero-order valence-corrected chi connectivity index (χ0v) is 10.7. The van der Waals surface area contributed by atoms with Gasteiger partial charge in [0.05, 0.1) is 5.69 Å². The van der Waals surface area contributed by atoms with E-state index < -0.39 is 35.7 Å². The molecule has 0 saturated carbocycles. The summed E-state index contributed by atoms with van der Waals surface area (Å²) in [5.41, 5.74) is 5.53. The van der Waals surface area contributed by atoms with Gasteiger partial charge in [0.1, 0.15) is 11.6 Å². The molecule has 21 heavy (non-hydrogen) atoms. The number of carbonyl (C=O) groups is 1. The monoisotopic (exact) mass is 296 g/mol. The van der Waals surface area contributed by atoms with Crippen molar-refractivity contribution in [3.63, 3.8) is 0 Å². The Morgan fingerprint density at radius 2 is 1.81 bits per heavy atom. The quantitative estimate of drug-likeness (QED) is 0.673. The molecule has 1 amide bonds. The minimum absolute atomic E-state index is 0.351. The lowest BCUT2D eigenvalue weighted by atomic mass is 10.3. The van der Waals surface area contributed by atoms with Crippen LogP contribution in [0.4, 0.5) is 24.5 Å². The number of ether oxygens (including phenoxy) is 1. The molecule has 2 rings (SSSR count). The number of benzene rings is 2. The van der Waals surface area contributed by atoms with Crippen LogP contribution in [-0.2, 0) is 4.79 Å². The van der Waals surface area contributed by atoms with Crippen LogP contribution < -0.4 is 15.8 Å². The standard InChI is InChI=1S/C14H11F3N2O2/c15-10-5-12(17)13(6-11(10)16)19-14(20)7-21-9-3-1-2-8(18)4-9/h1-6H,7,18H2,(H,19,20). The van der Waals surface area contributed by atoms with Crippen molar-refractivity contribution in [2.24, 2.45) is 0 Å². The number of hydrogen-bond acceptors (Lipinski definition) is 3. The second kappa shape index (κ2) is 6.17. The van der Waals surface area contributed by atoms with E-state index in [9.17, 15) is 18.0 Å². The van der Waals surface area contributed by atoms with Crippen LogP contribution >= 0.6 is 0 Å². The third-order valence-corrected chi connectivity index (χ3v) is 2.51. The molecule has 0 unspecified atom stereocenters. The lowest BCUT2D eigenvalue weighted by Crippen LogP contribution is -2.21. The van der Waals surface area contributed by atoms with Crippen LogP contribution in [0.25, 0.3) is 0 Å². The van der Waals surface area contributed by atoms with Gasteiger partial charge in [0.2, 0.25) is 0 Å². The van der Waals surface area contributed by atoms with Crippen LogP contribution in [-0.4, -0.2) is 12.5 Å². The van der Waals surface area contributed by atoms with Crippen LogP contribution in [0, 0.1) is 17.5 Å². The van der Waals surface area contributed by atoms with E-state index in [2.05, 4.69) is 5.32 Å². The molecule has 3 N–H and O–H groups in total. The molecule has 2 aromatic carbocycles. The van der Waals surface area contributed by atoms with Gasteiger partial charge in [-0.25, -0.2) is 13.2 Å².